The first kappa shape index (κ1) is 14.0. The zero-order valence-corrected chi connectivity index (χ0v) is 12.1. The van der Waals surface area contributed by atoms with Crippen LogP contribution >= 0.6 is 0 Å². The number of hydrogen-bond acceptors (Lipinski definition) is 6. The average Bonchev–Trinajstić information content (AvgIpc) is 2.89. The third-order valence-electron chi connectivity index (χ3n) is 3.19. The lowest BCUT2D eigenvalue weighted by molar-refractivity contribution is -0.143. The Bertz CT molecular complexity index is 813. The van der Waals surface area contributed by atoms with Gasteiger partial charge in [0.2, 0.25) is 0 Å². The van der Waals surface area contributed by atoms with Crippen molar-refractivity contribution < 1.29 is 9.53 Å². The van der Waals surface area contributed by atoms with Crippen LogP contribution in [0.15, 0.2) is 36.7 Å². The van der Waals surface area contributed by atoms with Gasteiger partial charge in [-0.1, -0.05) is 30.3 Å². The van der Waals surface area contributed by atoms with Crippen LogP contribution in [0.2, 0.25) is 0 Å². The molecule has 2 aromatic heterocycles. The molecule has 0 spiro atoms. The van der Waals surface area contributed by atoms with E-state index in [1.807, 2.05) is 30.3 Å². The van der Waals surface area contributed by atoms with Crippen molar-refractivity contribution in [2.45, 2.75) is 13.5 Å². The SMILES string of the molecule is CCOC(=O)Cn1nc(-c2ccccc2)c2c(N)ncnc21. The fraction of sp³-hybridized carbons (Fsp3) is 0.200. The van der Waals surface area contributed by atoms with Gasteiger partial charge in [-0.3, -0.25) is 4.79 Å². The van der Waals surface area contributed by atoms with Gasteiger partial charge in [-0.05, 0) is 6.92 Å². The number of carbonyl (C=O) groups excluding carboxylic acids is 1. The van der Waals surface area contributed by atoms with Crippen molar-refractivity contribution >= 4 is 22.8 Å². The van der Waals surface area contributed by atoms with Gasteiger partial charge in [0.15, 0.2) is 5.65 Å². The molecule has 2 heterocycles. The minimum atomic E-state index is -0.372. The molecule has 0 aliphatic carbocycles. The molecule has 0 saturated carbocycles. The second-order valence-electron chi connectivity index (χ2n) is 4.63. The number of nitrogens with zero attached hydrogens (tertiary/aromatic N) is 4. The van der Waals surface area contributed by atoms with Crippen LogP contribution in [-0.4, -0.2) is 32.3 Å². The van der Waals surface area contributed by atoms with Gasteiger partial charge in [0.25, 0.3) is 0 Å². The predicted molar refractivity (Wildman–Crippen MR) is 81.8 cm³/mol. The first-order valence-electron chi connectivity index (χ1n) is 6.88. The number of benzene rings is 1. The molecular weight excluding hydrogens is 282 g/mol. The Morgan fingerprint density at radius 2 is 2.05 bits per heavy atom. The van der Waals surface area contributed by atoms with E-state index in [0.29, 0.717) is 29.2 Å². The second-order valence-corrected chi connectivity index (χ2v) is 4.63. The summed E-state index contributed by atoms with van der Waals surface area (Å²) in [5.74, 6) is -0.0392. The molecular formula is C15H15N5O2. The van der Waals surface area contributed by atoms with Crippen LogP contribution in [-0.2, 0) is 16.1 Å². The Hall–Kier alpha value is -2.96. The summed E-state index contributed by atoms with van der Waals surface area (Å²) in [7, 11) is 0. The lowest BCUT2D eigenvalue weighted by Gasteiger charge is -2.02. The maximum atomic E-state index is 11.7. The van der Waals surface area contributed by atoms with Crippen molar-refractivity contribution in [3.8, 4) is 11.3 Å². The Kier molecular flexibility index (Phi) is 3.69. The molecule has 7 nitrogen and oxygen atoms in total. The van der Waals surface area contributed by atoms with Crippen molar-refractivity contribution in [2.75, 3.05) is 12.3 Å². The number of ether oxygens (including phenoxy) is 1. The molecule has 0 bridgehead atoms. The van der Waals surface area contributed by atoms with Crippen molar-refractivity contribution in [3.63, 3.8) is 0 Å². The maximum absolute atomic E-state index is 11.7. The van der Waals surface area contributed by atoms with Crippen LogP contribution in [0, 0.1) is 0 Å². The van der Waals surface area contributed by atoms with Gasteiger partial charge in [0, 0.05) is 5.56 Å². The van der Waals surface area contributed by atoms with E-state index in [0.717, 1.165) is 5.56 Å². The third kappa shape index (κ3) is 2.48. The Balaban J connectivity index is 2.15. The summed E-state index contributed by atoms with van der Waals surface area (Å²) in [6.45, 7) is 2.06. The molecule has 22 heavy (non-hydrogen) atoms. The molecule has 7 heteroatoms. The van der Waals surface area contributed by atoms with Gasteiger partial charge in [-0.2, -0.15) is 5.10 Å². The van der Waals surface area contributed by atoms with Gasteiger partial charge < -0.3 is 10.5 Å². The van der Waals surface area contributed by atoms with Gasteiger partial charge in [0.05, 0.1) is 12.0 Å². The van der Waals surface area contributed by atoms with Crippen LogP contribution in [0.25, 0.3) is 22.3 Å². The van der Waals surface area contributed by atoms with Crippen LogP contribution in [0.1, 0.15) is 6.92 Å². The number of nitrogens with two attached hydrogens (primary N) is 1. The summed E-state index contributed by atoms with van der Waals surface area (Å²) >= 11 is 0. The predicted octanol–water partition coefficient (Wildman–Crippen LogP) is 1.64. The largest absolute Gasteiger partial charge is 0.465 e. The van der Waals surface area contributed by atoms with Crippen molar-refractivity contribution in [2.24, 2.45) is 0 Å². The number of esters is 1. The second kappa shape index (κ2) is 5.80. The summed E-state index contributed by atoms with van der Waals surface area (Å²) < 4.78 is 6.46. The quantitative estimate of drug-likeness (QED) is 0.735. The van der Waals surface area contributed by atoms with Crippen LogP contribution in [0.5, 0.6) is 0 Å². The topological polar surface area (TPSA) is 95.9 Å². The van der Waals surface area contributed by atoms with E-state index < -0.39 is 0 Å². The van der Waals surface area contributed by atoms with Gasteiger partial charge in [-0.25, -0.2) is 14.6 Å². The number of aromatic nitrogens is 4. The molecule has 0 aliphatic heterocycles. The third-order valence-corrected chi connectivity index (χ3v) is 3.19. The number of anilines is 1. The standard InChI is InChI=1S/C15H15N5O2/c1-2-22-11(21)8-20-15-12(14(16)17-9-18-15)13(19-20)10-6-4-3-5-7-10/h3-7,9H,2,8H2,1H3,(H2,16,17,18). The van der Waals surface area contributed by atoms with E-state index in [-0.39, 0.29) is 12.5 Å². The first-order valence-corrected chi connectivity index (χ1v) is 6.88. The molecule has 112 valence electrons. The van der Waals surface area contributed by atoms with E-state index in [4.69, 9.17) is 10.5 Å². The molecule has 3 rings (SSSR count). The highest BCUT2D eigenvalue weighted by Crippen LogP contribution is 2.29. The van der Waals surface area contributed by atoms with Gasteiger partial charge in [0.1, 0.15) is 24.4 Å². The van der Waals surface area contributed by atoms with E-state index in [1.165, 1.54) is 11.0 Å². The number of fused-ring (bicyclic) bond motifs is 1. The van der Waals surface area contributed by atoms with Crippen LogP contribution < -0.4 is 5.73 Å². The highest BCUT2D eigenvalue weighted by atomic mass is 16.5. The summed E-state index contributed by atoms with van der Waals surface area (Å²) in [4.78, 5) is 20.0. The molecule has 0 amide bonds. The molecule has 0 radical (unpaired) electrons. The zero-order chi connectivity index (χ0) is 15.5. The van der Waals surface area contributed by atoms with E-state index in [1.54, 1.807) is 6.92 Å². The Labute approximate surface area is 126 Å². The molecule has 0 unspecified atom stereocenters. The molecule has 2 N–H and O–H groups in total. The van der Waals surface area contributed by atoms with Crippen molar-refractivity contribution in [1.82, 2.24) is 19.7 Å². The van der Waals surface area contributed by atoms with Crippen LogP contribution in [0.3, 0.4) is 0 Å². The monoisotopic (exact) mass is 297 g/mol. The highest BCUT2D eigenvalue weighted by Gasteiger charge is 2.18. The highest BCUT2D eigenvalue weighted by molar-refractivity contribution is 5.98. The fourth-order valence-electron chi connectivity index (χ4n) is 2.27. The number of hydrogen-bond donors (Lipinski definition) is 1. The molecule has 0 aliphatic rings. The van der Waals surface area contributed by atoms with Crippen LogP contribution in [0.4, 0.5) is 5.82 Å². The minimum absolute atomic E-state index is 0.0202. The lowest BCUT2D eigenvalue weighted by atomic mass is 10.1. The van der Waals surface area contributed by atoms with E-state index in [2.05, 4.69) is 15.1 Å². The van der Waals surface area contributed by atoms with Gasteiger partial charge in [-0.15, -0.1) is 0 Å². The molecule has 3 aromatic rings. The molecule has 0 atom stereocenters. The molecule has 0 saturated heterocycles. The maximum Gasteiger partial charge on any atom is 0.327 e. The van der Waals surface area contributed by atoms with Crippen molar-refractivity contribution in [3.05, 3.63) is 36.7 Å². The number of carbonyl (C=O) groups is 1. The zero-order valence-electron chi connectivity index (χ0n) is 12.1. The number of nitrogen functional groups attached to an aromatic ring is 1. The molecule has 0 fully saturated rings. The van der Waals surface area contributed by atoms with E-state index in [9.17, 15) is 4.79 Å². The fourth-order valence-corrected chi connectivity index (χ4v) is 2.27. The average molecular weight is 297 g/mol. The smallest absolute Gasteiger partial charge is 0.327 e. The normalized spacial score (nSPS) is 10.8. The minimum Gasteiger partial charge on any atom is -0.465 e. The van der Waals surface area contributed by atoms with Crippen molar-refractivity contribution in [1.29, 1.82) is 0 Å². The van der Waals surface area contributed by atoms with E-state index >= 15 is 0 Å². The number of rotatable bonds is 4. The summed E-state index contributed by atoms with van der Waals surface area (Å²) in [6.07, 6.45) is 1.36. The van der Waals surface area contributed by atoms with Gasteiger partial charge >= 0.3 is 5.97 Å². The Morgan fingerprint density at radius 1 is 1.27 bits per heavy atom. The summed E-state index contributed by atoms with van der Waals surface area (Å²) in [5, 5.41) is 5.11. The first-order chi connectivity index (χ1) is 10.7. The molecule has 1 aromatic carbocycles. The summed E-state index contributed by atoms with van der Waals surface area (Å²) in [6, 6.07) is 9.57. The Morgan fingerprint density at radius 3 is 2.77 bits per heavy atom. The lowest BCUT2D eigenvalue weighted by Crippen LogP contribution is -2.14. The summed E-state index contributed by atoms with van der Waals surface area (Å²) in [5.41, 5.74) is 8.03.